The number of rotatable bonds is 1. The van der Waals surface area contributed by atoms with Crippen LogP contribution in [-0.2, 0) is 4.74 Å². The van der Waals surface area contributed by atoms with Crippen LogP contribution in [0.5, 0.6) is 0 Å². The third-order valence-corrected chi connectivity index (χ3v) is 1.46. The number of anilines is 1. The molecule has 4 nitrogen and oxygen atoms in total. The molecule has 0 radical (unpaired) electrons. The molecule has 0 bridgehead atoms. The molecule has 0 saturated heterocycles. The van der Waals surface area contributed by atoms with Crippen molar-refractivity contribution in [1.82, 2.24) is 0 Å². The topological polar surface area (TPSA) is 55.6 Å². The highest BCUT2D eigenvalue weighted by Gasteiger charge is 2.11. The zero-order valence-corrected chi connectivity index (χ0v) is 7.03. The minimum Gasteiger partial charge on any atom is -0.452 e. The highest BCUT2D eigenvalue weighted by Crippen LogP contribution is 2.12. The van der Waals surface area contributed by atoms with Gasteiger partial charge < -0.3 is 4.74 Å². The molecule has 0 aliphatic rings. The first-order chi connectivity index (χ1) is 6.15. The van der Waals surface area contributed by atoms with Crippen molar-refractivity contribution in [2.45, 2.75) is 0 Å². The number of halogens is 1. The lowest BCUT2D eigenvalue weighted by molar-refractivity contribution is 0.178. The van der Waals surface area contributed by atoms with E-state index in [-0.39, 0.29) is 5.69 Å². The smallest absolute Gasteiger partial charge is 0.428 e. The van der Waals surface area contributed by atoms with Gasteiger partial charge in [0.2, 0.25) is 0 Å². The summed E-state index contributed by atoms with van der Waals surface area (Å²) < 4.78 is 17.0. The van der Waals surface area contributed by atoms with Crippen molar-refractivity contribution in [3.05, 3.63) is 30.1 Å². The molecular weight excluding hydrogens is 175 g/mol. The van der Waals surface area contributed by atoms with E-state index in [0.29, 0.717) is 0 Å². The van der Waals surface area contributed by atoms with Crippen molar-refractivity contribution in [3.8, 4) is 0 Å². The Labute approximate surface area is 74.7 Å². The van der Waals surface area contributed by atoms with Gasteiger partial charge in [-0.1, -0.05) is 6.07 Å². The number of amides is 1. The van der Waals surface area contributed by atoms with E-state index < -0.39 is 11.9 Å². The van der Waals surface area contributed by atoms with Crippen LogP contribution in [0.4, 0.5) is 14.9 Å². The molecule has 5 heteroatoms. The molecule has 0 unspecified atom stereocenters. The molecule has 13 heavy (non-hydrogen) atoms. The molecule has 0 atom stereocenters. The van der Waals surface area contributed by atoms with Gasteiger partial charge in [-0.2, -0.15) is 0 Å². The number of ether oxygens (including phenoxy) is 1. The molecule has 0 aliphatic carbocycles. The van der Waals surface area contributed by atoms with Crippen LogP contribution >= 0.6 is 0 Å². The monoisotopic (exact) mass is 184 g/mol. The second-order valence-corrected chi connectivity index (χ2v) is 2.32. The molecule has 1 rings (SSSR count). The van der Waals surface area contributed by atoms with Crippen molar-refractivity contribution in [2.75, 3.05) is 12.1 Å². The van der Waals surface area contributed by atoms with E-state index >= 15 is 0 Å². The van der Waals surface area contributed by atoms with E-state index in [4.69, 9.17) is 5.84 Å². The van der Waals surface area contributed by atoms with Crippen LogP contribution < -0.4 is 10.9 Å². The number of methoxy groups -OCH3 is 1. The fraction of sp³-hybridized carbons (Fsp3) is 0.125. The summed E-state index contributed by atoms with van der Waals surface area (Å²) in [6.45, 7) is 0. The maximum absolute atomic E-state index is 12.7. The lowest BCUT2D eigenvalue weighted by atomic mass is 10.3. The van der Waals surface area contributed by atoms with E-state index in [9.17, 15) is 9.18 Å². The molecule has 70 valence electrons. The number of nitrogens with two attached hydrogens (primary N) is 1. The van der Waals surface area contributed by atoms with Gasteiger partial charge in [-0.25, -0.2) is 20.0 Å². The van der Waals surface area contributed by atoms with Gasteiger partial charge in [-0.15, -0.1) is 0 Å². The van der Waals surface area contributed by atoms with Gasteiger partial charge in [0.1, 0.15) is 5.82 Å². The predicted molar refractivity (Wildman–Crippen MR) is 45.5 cm³/mol. The van der Waals surface area contributed by atoms with Crippen LogP contribution in [0.2, 0.25) is 0 Å². The summed E-state index contributed by atoms with van der Waals surface area (Å²) in [4.78, 5) is 10.9. The minimum absolute atomic E-state index is 0.242. The van der Waals surface area contributed by atoms with Gasteiger partial charge >= 0.3 is 6.09 Å². The second-order valence-electron chi connectivity index (χ2n) is 2.32. The van der Waals surface area contributed by atoms with E-state index in [1.807, 2.05) is 0 Å². The standard InChI is InChI=1S/C8H9FN2O2/c1-13-8(12)11(10)7-4-2-3-6(9)5-7/h2-5H,10H2,1H3. The van der Waals surface area contributed by atoms with Gasteiger partial charge in [0.25, 0.3) is 0 Å². The van der Waals surface area contributed by atoms with Gasteiger partial charge in [0.15, 0.2) is 0 Å². The van der Waals surface area contributed by atoms with Crippen molar-refractivity contribution >= 4 is 11.8 Å². The molecular formula is C8H9FN2O2. The predicted octanol–water partition coefficient (Wildman–Crippen LogP) is 1.27. The lowest BCUT2D eigenvalue weighted by Crippen LogP contribution is -2.37. The van der Waals surface area contributed by atoms with Crippen molar-refractivity contribution < 1.29 is 13.9 Å². The van der Waals surface area contributed by atoms with E-state index in [2.05, 4.69) is 4.74 Å². The summed E-state index contributed by atoms with van der Waals surface area (Å²) in [7, 11) is 1.20. The SMILES string of the molecule is COC(=O)N(N)c1cccc(F)c1. The van der Waals surface area contributed by atoms with Crippen LogP contribution in [0.25, 0.3) is 0 Å². The molecule has 0 spiro atoms. The summed E-state index contributed by atoms with van der Waals surface area (Å²) >= 11 is 0. The molecule has 1 amide bonds. The Morgan fingerprint density at radius 3 is 2.85 bits per heavy atom. The summed E-state index contributed by atoms with van der Waals surface area (Å²) in [5, 5.41) is 0.725. The quantitative estimate of drug-likeness (QED) is 0.406. The Hall–Kier alpha value is -1.62. The Kier molecular flexibility index (Phi) is 2.81. The van der Waals surface area contributed by atoms with Crippen molar-refractivity contribution in [2.24, 2.45) is 5.84 Å². The number of hydrogen-bond acceptors (Lipinski definition) is 3. The first-order valence-corrected chi connectivity index (χ1v) is 3.53. The number of nitrogens with zero attached hydrogens (tertiary/aromatic N) is 1. The number of hydrazine groups is 1. The number of carbonyl (C=O) groups is 1. The number of benzene rings is 1. The third kappa shape index (κ3) is 2.16. The fourth-order valence-corrected chi connectivity index (χ4v) is 0.830. The molecule has 2 N–H and O–H groups in total. The van der Waals surface area contributed by atoms with E-state index in [0.717, 1.165) is 11.1 Å². The largest absolute Gasteiger partial charge is 0.452 e. The minimum atomic E-state index is -0.745. The number of hydrogen-bond donors (Lipinski definition) is 1. The fourth-order valence-electron chi connectivity index (χ4n) is 0.830. The summed E-state index contributed by atoms with van der Waals surface area (Å²) in [6.07, 6.45) is -0.745. The third-order valence-electron chi connectivity index (χ3n) is 1.46. The second kappa shape index (κ2) is 3.86. The first kappa shape index (κ1) is 9.47. The van der Waals surface area contributed by atoms with Crippen molar-refractivity contribution in [1.29, 1.82) is 0 Å². The summed E-state index contributed by atoms with van der Waals surface area (Å²) in [6, 6.07) is 5.35. The molecule has 0 heterocycles. The Balaban J connectivity index is 2.88. The average molecular weight is 184 g/mol. The Morgan fingerprint density at radius 1 is 1.62 bits per heavy atom. The molecule has 1 aromatic carbocycles. The van der Waals surface area contributed by atoms with Crippen LogP contribution in [0, 0.1) is 5.82 Å². The maximum Gasteiger partial charge on any atom is 0.428 e. The van der Waals surface area contributed by atoms with Gasteiger partial charge in [0, 0.05) is 0 Å². The molecule has 0 aliphatic heterocycles. The molecule has 0 aromatic heterocycles. The molecule has 0 saturated carbocycles. The van der Waals surface area contributed by atoms with Gasteiger partial charge in [-0.3, -0.25) is 0 Å². The van der Waals surface area contributed by atoms with Gasteiger partial charge in [0.05, 0.1) is 12.8 Å². The first-order valence-electron chi connectivity index (χ1n) is 3.53. The summed E-state index contributed by atoms with van der Waals surface area (Å²) in [5.41, 5.74) is 0.242. The highest BCUT2D eigenvalue weighted by atomic mass is 19.1. The normalized spacial score (nSPS) is 9.46. The van der Waals surface area contributed by atoms with E-state index in [1.54, 1.807) is 0 Å². The Bertz CT molecular complexity index is 317. The van der Waals surface area contributed by atoms with Gasteiger partial charge in [-0.05, 0) is 18.2 Å². The lowest BCUT2D eigenvalue weighted by Gasteiger charge is -2.14. The highest BCUT2D eigenvalue weighted by molar-refractivity contribution is 5.85. The van der Waals surface area contributed by atoms with Crippen LogP contribution in [0.15, 0.2) is 24.3 Å². The molecule has 1 aromatic rings. The van der Waals surface area contributed by atoms with Crippen LogP contribution in [-0.4, -0.2) is 13.2 Å². The average Bonchev–Trinajstić information content (AvgIpc) is 2.15. The molecule has 0 fully saturated rings. The van der Waals surface area contributed by atoms with Crippen LogP contribution in [0.3, 0.4) is 0 Å². The summed E-state index contributed by atoms with van der Waals surface area (Å²) in [5.74, 6) is 4.85. The van der Waals surface area contributed by atoms with Crippen LogP contribution in [0.1, 0.15) is 0 Å². The number of carbonyl (C=O) groups excluding carboxylic acids is 1. The Morgan fingerprint density at radius 2 is 2.31 bits per heavy atom. The zero-order valence-electron chi connectivity index (χ0n) is 7.03. The van der Waals surface area contributed by atoms with E-state index in [1.165, 1.54) is 25.3 Å². The van der Waals surface area contributed by atoms with Crippen molar-refractivity contribution in [3.63, 3.8) is 0 Å². The maximum atomic E-state index is 12.7. The zero-order chi connectivity index (χ0) is 9.84.